The van der Waals surface area contributed by atoms with E-state index in [1.54, 1.807) is 6.07 Å². The van der Waals surface area contributed by atoms with Crippen LogP contribution in [0.2, 0.25) is 5.15 Å². The van der Waals surface area contributed by atoms with Crippen LogP contribution in [0, 0.1) is 0 Å². The number of hydrogen-bond donors (Lipinski definition) is 1. The second-order valence-corrected chi connectivity index (χ2v) is 3.90. The number of rotatable bonds is 4. The zero-order chi connectivity index (χ0) is 12.1. The van der Waals surface area contributed by atoms with Crippen molar-refractivity contribution in [1.82, 2.24) is 4.98 Å². The molecule has 0 bridgehead atoms. The largest absolute Gasteiger partial charge is 0.465 e. The summed E-state index contributed by atoms with van der Waals surface area (Å²) in [7, 11) is 1.33. The average Bonchev–Trinajstić information content (AvgIpc) is 2.27. The molecule has 1 aromatic heterocycles. The van der Waals surface area contributed by atoms with E-state index in [9.17, 15) is 4.79 Å². The van der Waals surface area contributed by atoms with Crippen LogP contribution < -0.4 is 5.32 Å². The number of aromatic nitrogens is 1. The van der Waals surface area contributed by atoms with Gasteiger partial charge in [-0.15, -0.1) is 0 Å². The van der Waals surface area contributed by atoms with E-state index in [2.05, 4.69) is 22.0 Å². The van der Waals surface area contributed by atoms with E-state index < -0.39 is 5.97 Å². The Morgan fingerprint density at radius 2 is 2.31 bits per heavy atom. The first-order chi connectivity index (χ1) is 7.56. The van der Waals surface area contributed by atoms with E-state index in [0.717, 1.165) is 6.42 Å². The van der Waals surface area contributed by atoms with Crippen molar-refractivity contribution in [3.8, 4) is 0 Å². The van der Waals surface area contributed by atoms with Gasteiger partial charge in [-0.25, -0.2) is 9.78 Å². The first-order valence-corrected chi connectivity index (χ1v) is 5.47. The first kappa shape index (κ1) is 12.8. The zero-order valence-corrected chi connectivity index (χ0v) is 10.3. The van der Waals surface area contributed by atoms with Gasteiger partial charge in [-0.2, -0.15) is 0 Å². The predicted molar refractivity (Wildman–Crippen MR) is 64.0 cm³/mol. The molecule has 1 aromatic rings. The highest BCUT2D eigenvalue weighted by atomic mass is 35.5. The van der Waals surface area contributed by atoms with Crippen molar-refractivity contribution in [2.45, 2.75) is 26.3 Å². The summed E-state index contributed by atoms with van der Waals surface area (Å²) in [5.41, 5.74) is 0.397. The third-order valence-corrected chi connectivity index (χ3v) is 2.42. The molecule has 0 amide bonds. The number of pyridine rings is 1. The second kappa shape index (κ2) is 5.70. The third kappa shape index (κ3) is 3.38. The van der Waals surface area contributed by atoms with Gasteiger partial charge in [-0.1, -0.05) is 18.5 Å². The number of hydrogen-bond acceptors (Lipinski definition) is 4. The van der Waals surface area contributed by atoms with Crippen molar-refractivity contribution < 1.29 is 9.53 Å². The highest BCUT2D eigenvalue weighted by molar-refractivity contribution is 6.29. The van der Waals surface area contributed by atoms with Gasteiger partial charge in [-0.3, -0.25) is 0 Å². The van der Waals surface area contributed by atoms with Crippen molar-refractivity contribution >= 4 is 23.4 Å². The van der Waals surface area contributed by atoms with E-state index >= 15 is 0 Å². The average molecular weight is 243 g/mol. The number of nitrogens with one attached hydrogen (secondary N) is 1. The molecule has 4 nitrogen and oxygen atoms in total. The molecule has 0 radical (unpaired) electrons. The van der Waals surface area contributed by atoms with Gasteiger partial charge in [-0.05, 0) is 25.5 Å². The fourth-order valence-electron chi connectivity index (χ4n) is 1.16. The summed E-state index contributed by atoms with van der Waals surface area (Å²) in [6.07, 6.45) is 0.960. The lowest BCUT2D eigenvalue weighted by Crippen LogP contribution is -2.15. The molecule has 0 aromatic carbocycles. The molecule has 0 unspecified atom stereocenters. The number of carbonyl (C=O) groups excluding carboxylic acids is 1. The fraction of sp³-hybridized carbons (Fsp3) is 0.455. The molecule has 88 valence electrons. The highest BCUT2D eigenvalue weighted by Crippen LogP contribution is 2.16. The molecule has 0 saturated heterocycles. The Bertz CT molecular complexity index is 382. The molecule has 0 aliphatic rings. The Morgan fingerprint density at radius 3 is 2.88 bits per heavy atom. The maximum atomic E-state index is 11.3. The predicted octanol–water partition coefficient (Wildman–Crippen LogP) is 2.73. The molecule has 0 aliphatic carbocycles. The monoisotopic (exact) mass is 242 g/mol. The van der Waals surface area contributed by atoms with Crippen LogP contribution >= 0.6 is 11.6 Å². The SMILES string of the molecule is CC[C@H](C)Nc1cc(C(=O)OC)cc(Cl)n1. The number of esters is 1. The summed E-state index contributed by atoms with van der Waals surface area (Å²) in [5.74, 6) is 0.166. The summed E-state index contributed by atoms with van der Waals surface area (Å²) in [4.78, 5) is 15.4. The first-order valence-electron chi connectivity index (χ1n) is 5.09. The highest BCUT2D eigenvalue weighted by Gasteiger charge is 2.10. The Kier molecular flexibility index (Phi) is 4.55. The minimum absolute atomic E-state index is 0.272. The van der Waals surface area contributed by atoms with Gasteiger partial charge in [0.2, 0.25) is 0 Å². The number of anilines is 1. The van der Waals surface area contributed by atoms with E-state index in [4.69, 9.17) is 11.6 Å². The van der Waals surface area contributed by atoms with E-state index in [1.165, 1.54) is 13.2 Å². The van der Waals surface area contributed by atoms with Crippen LogP contribution in [0.4, 0.5) is 5.82 Å². The van der Waals surface area contributed by atoms with Crippen molar-refractivity contribution in [2.24, 2.45) is 0 Å². The minimum atomic E-state index is -0.420. The Morgan fingerprint density at radius 1 is 1.62 bits per heavy atom. The molecular weight excluding hydrogens is 228 g/mol. The van der Waals surface area contributed by atoms with Gasteiger partial charge in [0, 0.05) is 6.04 Å². The summed E-state index contributed by atoms with van der Waals surface area (Å²) in [6.45, 7) is 4.09. The summed E-state index contributed by atoms with van der Waals surface area (Å²) >= 11 is 5.82. The molecule has 0 saturated carbocycles. The van der Waals surface area contributed by atoms with Gasteiger partial charge in [0.1, 0.15) is 11.0 Å². The van der Waals surface area contributed by atoms with Crippen LogP contribution in [-0.4, -0.2) is 24.1 Å². The number of halogens is 1. The lowest BCUT2D eigenvalue weighted by atomic mass is 10.2. The lowest BCUT2D eigenvalue weighted by molar-refractivity contribution is 0.0600. The van der Waals surface area contributed by atoms with Crippen LogP contribution in [-0.2, 0) is 4.74 Å². The Balaban J connectivity index is 2.94. The van der Waals surface area contributed by atoms with Gasteiger partial charge >= 0.3 is 5.97 Å². The van der Waals surface area contributed by atoms with E-state index in [-0.39, 0.29) is 11.2 Å². The van der Waals surface area contributed by atoms with E-state index in [0.29, 0.717) is 11.4 Å². The lowest BCUT2D eigenvalue weighted by Gasteiger charge is -2.12. The smallest absolute Gasteiger partial charge is 0.338 e. The topological polar surface area (TPSA) is 51.2 Å². The molecule has 1 heterocycles. The van der Waals surface area contributed by atoms with Crippen LogP contribution in [0.5, 0.6) is 0 Å². The van der Waals surface area contributed by atoms with Gasteiger partial charge in [0.25, 0.3) is 0 Å². The standard InChI is InChI=1S/C11H15ClN2O2/c1-4-7(2)13-10-6-8(11(15)16-3)5-9(12)14-10/h5-7H,4H2,1-3H3,(H,13,14)/t7-/m0/s1. The molecule has 1 rings (SSSR count). The molecule has 0 aliphatic heterocycles. The molecular formula is C11H15ClN2O2. The molecule has 5 heteroatoms. The Hall–Kier alpha value is -1.29. The van der Waals surface area contributed by atoms with E-state index in [1.807, 2.05) is 6.92 Å². The summed E-state index contributed by atoms with van der Waals surface area (Å²) < 4.78 is 4.62. The summed E-state index contributed by atoms with van der Waals surface area (Å²) in [6, 6.07) is 3.38. The van der Waals surface area contributed by atoms with Crippen LogP contribution in [0.3, 0.4) is 0 Å². The molecule has 1 N–H and O–H groups in total. The molecule has 16 heavy (non-hydrogen) atoms. The molecule has 1 atom stereocenters. The van der Waals surface area contributed by atoms with Crippen molar-refractivity contribution in [3.63, 3.8) is 0 Å². The third-order valence-electron chi connectivity index (χ3n) is 2.22. The molecule has 0 spiro atoms. The van der Waals surface area contributed by atoms with Crippen LogP contribution in [0.1, 0.15) is 30.6 Å². The molecule has 0 fully saturated rings. The van der Waals surface area contributed by atoms with Crippen molar-refractivity contribution in [2.75, 3.05) is 12.4 Å². The van der Waals surface area contributed by atoms with Crippen molar-refractivity contribution in [3.05, 3.63) is 22.8 Å². The quantitative estimate of drug-likeness (QED) is 0.652. The van der Waals surface area contributed by atoms with Gasteiger partial charge in [0.05, 0.1) is 12.7 Å². The Labute approximate surface area is 100.0 Å². The normalized spacial score (nSPS) is 12.0. The maximum Gasteiger partial charge on any atom is 0.338 e. The van der Waals surface area contributed by atoms with Crippen molar-refractivity contribution in [1.29, 1.82) is 0 Å². The van der Waals surface area contributed by atoms with Gasteiger partial charge < -0.3 is 10.1 Å². The maximum absolute atomic E-state index is 11.3. The minimum Gasteiger partial charge on any atom is -0.465 e. The van der Waals surface area contributed by atoms with Crippen LogP contribution in [0.25, 0.3) is 0 Å². The second-order valence-electron chi connectivity index (χ2n) is 3.51. The number of methoxy groups -OCH3 is 1. The zero-order valence-electron chi connectivity index (χ0n) is 9.58. The number of carbonyl (C=O) groups is 1. The van der Waals surface area contributed by atoms with Gasteiger partial charge in [0.15, 0.2) is 0 Å². The summed E-state index contributed by atoms with van der Waals surface area (Å²) in [5, 5.41) is 3.42. The van der Waals surface area contributed by atoms with Crippen LogP contribution in [0.15, 0.2) is 12.1 Å². The fourth-order valence-corrected chi connectivity index (χ4v) is 1.37. The number of nitrogens with zero attached hydrogens (tertiary/aromatic N) is 1. The number of ether oxygens (including phenoxy) is 1.